The standard InChI is InChI=1S/C30H26N2O5S/c1-4-16-37-22-13-7-19(8-14-22)26-25(27(33)20-9-11-21(36-3)12-10-20)28(34)29(35)32(26)30-31-23-15-6-18(5-2)17-24(23)38-30/h4,6-15,17,26,33H,1,5,16H2,2-3H3/b27-25+. The first kappa shape index (κ1) is 25.2. The Balaban J connectivity index is 1.66. The Bertz CT molecular complexity index is 1550. The summed E-state index contributed by atoms with van der Waals surface area (Å²) in [6, 6.07) is 18.8. The van der Waals surface area contributed by atoms with Crippen LogP contribution < -0.4 is 14.4 Å². The third-order valence-electron chi connectivity index (χ3n) is 6.43. The van der Waals surface area contributed by atoms with Gasteiger partial charge in [0.05, 0.1) is 28.9 Å². The van der Waals surface area contributed by atoms with Gasteiger partial charge in [-0.1, -0.05) is 49.1 Å². The monoisotopic (exact) mass is 526 g/mol. The summed E-state index contributed by atoms with van der Waals surface area (Å²) in [6.07, 6.45) is 2.52. The van der Waals surface area contributed by atoms with Gasteiger partial charge in [-0.2, -0.15) is 0 Å². The first-order valence-corrected chi connectivity index (χ1v) is 12.9. The van der Waals surface area contributed by atoms with Crippen molar-refractivity contribution in [3.05, 3.63) is 102 Å². The average Bonchev–Trinajstić information content (AvgIpc) is 3.49. The van der Waals surface area contributed by atoms with Crippen molar-refractivity contribution in [3.8, 4) is 11.5 Å². The molecule has 0 saturated carbocycles. The van der Waals surface area contributed by atoms with Crippen molar-refractivity contribution >= 4 is 44.1 Å². The molecule has 1 aromatic heterocycles. The first-order valence-electron chi connectivity index (χ1n) is 12.1. The molecule has 1 unspecified atom stereocenters. The van der Waals surface area contributed by atoms with Crippen molar-refractivity contribution in [2.45, 2.75) is 19.4 Å². The van der Waals surface area contributed by atoms with Crippen LogP contribution in [0, 0.1) is 0 Å². The van der Waals surface area contributed by atoms with Crippen LogP contribution in [0.4, 0.5) is 5.13 Å². The molecule has 1 aliphatic heterocycles. The Hall–Kier alpha value is -4.43. The molecule has 0 aliphatic carbocycles. The van der Waals surface area contributed by atoms with Crippen LogP contribution in [0.5, 0.6) is 11.5 Å². The minimum Gasteiger partial charge on any atom is -0.507 e. The largest absolute Gasteiger partial charge is 0.507 e. The molecule has 4 aromatic rings. The van der Waals surface area contributed by atoms with Gasteiger partial charge >= 0.3 is 5.91 Å². The van der Waals surface area contributed by atoms with Gasteiger partial charge in [0.1, 0.15) is 23.9 Å². The zero-order valence-corrected chi connectivity index (χ0v) is 21.8. The van der Waals surface area contributed by atoms with Gasteiger partial charge in [-0.15, -0.1) is 0 Å². The minimum absolute atomic E-state index is 0.00608. The van der Waals surface area contributed by atoms with E-state index in [1.165, 1.54) is 16.2 Å². The second-order valence-electron chi connectivity index (χ2n) is 8.72. The number of benzene rings is 3. The molecule has 0 radical (unpaired) electrons. The van der Waals surface area contributed by atoms with Gasteiger partial charge in [0.15, 0.2) is 5.13 Å². The number of aryl methyl sites for hydroxylation is 1. The lowest BCUT2D eigenvalue weighted by Gasteiger charge is -2.23. The molecule has 38 heavy (non-hydrogen) atoms. The van der Waals surface area contributed by atoms with E-state index >= 15 is 0 Å². The average molecular weight is 527 g/mol. The molecule has 7 nitrogen and oxygen atoms in total. The number of aliphatic hydroxyl groups is 1. The third-order valence-corrected chi connectivity index (χ3v) is 7.44. The van der Waals surface area contributed by atoms with Gasteiger partial charge in [-0.25, -0.2) is 4.98 Å². The fraction of sp³-hybridized carbons (Fsp3) is 0.167. The highest BCUT2D eigenvalue weighted by Crippen LogP contribution is 2.44. The Kier molecular flexibility index (Phi) is 6.98. The molecule has 1 N–H and O–H groups in total. The fourth-order valence-corrected chi connectivity index (χ4v) is 5.49. The molecule has 1 fully saturated rings. The number of carbonyl (C=O) groups excluding carboxylic acids is 2. The molecule has 0 bridgehead atoms. The number of hydrogen-bond acceptors (Lipinski definition) is 7. The van der Waals surface area contributed by atoms with E-state index in [9.17, 15) is 14.7 Å². The van der Waals surface area contributed by atoms with Gasteiger partial charge in [-0.3, -0.25) is 14.5 Å². The first-order chi connectivity index (χ1) is 18.4. The van der Waals surface area contributed by atoms with E-state index in [2.05, 4.69) is 13.5 Å². The van der Waals surface area contributed by atoms with E-state index in [1.807, 2.05) is 18.2 Å². The number of rotatable bonds is 8. The van der Waals surface area contributed by atoms with E-state index in [1.54, 1.807) is 61.7 Å². The van der Waals surface area contributed by atoms with E-state index in [0.717, 1.165) is 22.2 Å². The maximum Gasteiger partial charge on any atom is 0.301 e. The van der Waals surface area contributed by atoms with Crippen LogP contribution in [0.2, 0.25) is 0 Å². The number of fused-ring (bicyclic) bond motifs is 1. The highest BCUT2D eigenvalue weighted by Gasteiger charge is 2.48. The number of amides is 1. The molecule has 2 heterocycles. The lowest BCUT2D eigenvalue weighted by molar-refractivity contribution is -0.132. The maximum absolute atomic E-state index is 13.5. The minimum atomic E-state index is -0.878. The van der Waals surface area contributed by atoms with Crippen LogP contribution in [0.3, 0.4) is 0 Å². The van der Waals surface area contributed by atoms with Crippen LogP contribution >= 0.6 is 11.3 Å². The predicted molar refractivity (Wildman–Crippen MR) is 149 cm³/mol. The molecule has 192 valence electrons. The predicted octanol–water partition coefficient (Wildman–Crippen LogP) is 6.06. The lowest BCUT2D eigenvalue weighted by atomic mass is 9.95. The molecule has 0 spiro atoms. The molecule has 3 aromatic carbocycles. The van der Waals surface area contributed by atoms with Crippen molar-refractivity contribution < 1.29 is 24.2 Å². The van der Waals surface area contributed by atoms with E-state index in [4.69, 9.17) is 14.5 Å². The highest BCUT2D eigenvalue weighted by atomic mass is 32.1. The van der Waals surface area contributed by atoms with E-state index in [0.29, 0.717) is 34.4 Å². The molecule has 1 atom stereocenters. The number of aliphatic hydroxyl groups excluding tert-OH is 1. The van der Waals surface area contributed by atoms with E-state index < -0.39 is 17.7 Å². The third kappa shape index (κ3) is 4.54. The smallest absolute Gasteiger partial charge is 0.301 e. The van der Waals surface area contributed by atoms with Crippen molar-refractivity contribution in [1.82, 2.24) is 4.98 Å². The molecule has 1 aliphatic rings. The zero-order valence-electron chi connectivity index (χ0n) is 21.0. The zero-order chi connectivity index (χ0) is 26.8. The van der Waals surface area contributed by atoms with Gasteiger partial charge in [0, 0.05) is 5.56 Å². The van der Waals surface area contributed by atoms with Crippen LogP contribution in [0.15, 0.2) is 85.0 Å². The summed E-state index contributed by atoms with van der Waals surface area (Å²) in [4.78, 5) is 33.0. The van der Waals surface area contributed by atoms with Gasteiger partial charge in [0.25, 0.3) is 5.78 Å². The fourth-order valence-electron chi connectivity index (χ4n) is 4.43. The molecule has 8 heteroatoms. The van der Waals surface area contributed by atoms with Gasteiger partial charge in [-0.05, 0) is 66.1 Å². The SMILES string of the molecule is C=CCOc1ccc(C2/C(=C(\O)c3ccc(OC)cc3)C(=O)C(=O)N2c2nc3ccc(CC)cc3s2)cc1. The van der Waals surface area contributed by atoms with Gasteiger partial charge < -0.3 is 14.6 Å². The van der Waals surface area contributed by atoms with Gasteiger partial charge in [0.2, 0.25) is 0 Å². The van der Waals surface area contributed by atoms with Crippen LogP contribution in [0.1, 0.15) is 29.7 Å². The number of hydrogen-bond donors (Lipinski definition) is 1. The number of methoxy groups -OCH3 is 1. The number of Topliss-reactive ketones (excluding diaryl/α,β-unsaturated/α-hetero) is 1. The van der Waals surface area contributed by atoms with E-state index in [-0.39, 0.29) is 11.3 Å². The number of ether oxygens (including phenoxy) is 2. The van der Waals surface area contributed by atoms with Crippen LogP contribution in [0.25, 0.3) is 16.0 Å². The number of aromatic nitrogens is 1. The lowest BCUT2D eigenvalue weighted by Crippen LogP contribution is -2.29. The highest BCUT2D eigenvalue weighted by molar-refractivity contribution is 7.22. The quantitative estimate of drug-likeness (QED) is 0.130. The topological polar surface area (TPSA) is 89.0 Å². The number of carbonyl (C=O) groups is 2. The summed E-state index contributed by atoms with van der Waals surface area (Å²) < 4.78 is 11.7. The molecule has 1 amide bonds. The Morgan fingerprint density at radius 1 is 1.08 bits per heavy atom. The van der Waals surface area contributed by atoms with Crippen LogP contribution in [-0.4, -0.2) is 35.5 Å². The number of thiazole rings is 1. The second-order valence-corrected chi connectivity index (χ2v) is 9.73. The molecule has 1 saturated heterocycles. The normalized spacial score (nSPS) is 16.7. The summed E-state index contributed by atoms with van der Waals surface area (Å²) in [6.45, 7) is 6.08. The van der Waals surface area contributed by atoms with Crippen molar-refractivity contribution in [2.75, 3.05) is 18.6 Å². The van der Waals surface area contributed by atoms with Crippen molar-refractivity contribution in [3.63, 3.8) is 0 Å². The number of ketones is 1. The molecular weight excluding hydrogens is 500 g/mol. The Morgan fingerprint density at radius 3 is 2.45 bits per heavy atom. The summed E-state index contributed by atoms with van der Waals surface area (Å²) in [7, 11) is 1.55. The Morgan fingerprint density at radius 2 is 1.79 bits per heavy atom. The van der Waals surface area contributed by atoms with Crippen LogP contribution in [-0.2, 0) is 16.0 Å². The van der Waals surface area contributed by atoms with Crippen molar-refractivity contribution in [2.24, 2.45) is 0 Å². The summed E-state index contributed by atoms with van der Waals surface area (Å²) in [5.41, 5.74) is 2.93. The summed E-state index contributed by atoms with van der Waals surface area (Å²) in [5, 5.41) is 11.7. The summed E-state index contributed by atoms with van der Waals surface area (Å²) >= 11 is 1.34. The van der Waals surface area contributed by atoms with Crippen molar-refractivity contribution in [1.29, 1.82) is 0 Å². The Labute approximate surface area is 224 Å². The molecule has 5 rings (SSSR count). The molecular formula is C30H26N2O5S. The maximum atomic E-state index is 13.5. The number of nitrogens with zero attached hydrogens (tertiary/aromatic N) is 2. The summed E-state index contributed by atoms with van der Waals surface area (Å²) in [5.74, 6) is -0.557. The second kappa shape index (κ2) is 10.5. The number of anilines is 1.